The summed E-state index contributed by atoms with van der Waals surface area (Å²) in [6.45, 7) is 7.14. The summed E-state index contributed by atoms with van der Waals surface area (Å²) in [6.07, 6.45) is 1.49. The summed E-state index contributed by atoms with van der Waals surface area (Å²) in [5, 5.41) is 12.9. The van der Waals surface area contributed by atoms with Crippen molar-refractivity contribution in [3.63, 3.8) is 0 Å². The number of hydrogen-bond donors (Lipinski definition) is 2. The van der Waals surface area contributed by atoms with E-state index in [4.69, 9.17) is 0 Å². The van der Waals surface area contributed by atoms with Crippen LogP contribution in [0.25, 0.3) is 0 Å². The summed E-state index contributed by atoms with van der Waals surface area (Å²) >= 11 is 0. The first-order chi connectivity index (χ1) is 7.63. The van der Waals surface area contributed by atoms with E-state index in [0.29, 0.717) is 6.04 Å². The molecule has 90 valence electrons. The SMILES string of the molecule is CCC(O)CCNC(C)c1cccc(C)c1. The molecule has 2 N–H and O–H groups in total. The highest BCUT2D eigenvalue weighted by Gasteiger charge is 2.05. The van der Waals surface area contributed by atoms with Crippen LogP contribution in [0.5, 0.6) is 0 Å². The van der Waals surface area contributed by atoms with E-state index in [1.54, 1.807) is 0 Å². The molecule has 0 aromatic heterocycles. The molecule has 1 aromatic carbocycles. The highest BCUT2D eigenvalue weighted by Crippen LogP contribution is 2.13. The van der Waals surface area contributed by atoms with Gasteiger partial charge in [-0.3, -0.25) is 0 Å². The van der Waals surface area contributed by atoms with Gasteiger partial charge >= 0.3 is 0 Å². The molecule has 0 aliphatic rings. The molecule has 16 heavy (non-hydrogen) atoms. The molecule has 2 atom stereocenters. The molecule has 0 aliphatic carbocycles. The van der Waals surface area contributed by atoms with E-state index in [-0.39, 0.29) is 6.10 Å². The Morgan fingerprint density at radius 1 is 1.38 bits per heavy atom. The zero-order chi connectivity index (χ0) is 12.0. The molecule has 0 aliphatic heterocycles. The topological polar surface area (TPSA) is 32.3 Å². The number of aryl methyl sites for hydroxylation is 1. The molecule has 0 saturated heterocycles. The van der Waals surface area contributed by atoms with Gasteiger partial charge < -0.3 is 10.4 Å². The Morgan fingerprint density at radius 3 is 2.75 bits per heavy atom. The fraction of sp³-hybridized carbons (Fsp3) is 0.571. The van der Waals surface area contributed by atoms with Crippen LogP contribution in [0, 0.1) is 6.92 Å². The van der Waals surface area contributed by atoms with Crippen molar-refractivity contribution >= 4 is 0 Å². The minimum absolute atomic E-state index is 0.169. The van der Waals surface area contributed by atoms with E-state index >= 15 is 0 Å². The maximum Gasteiger partial charge on any atom is 0.0549 e. The van der Waals surface area contributed by atoms with Crippen molar-refractivity contribution in [3.05, 3.63) is 35.4 Å². The zero-order valence-corrected chi connectivity index (χ0v) is 10.5. The third-order valence-electron chi connectivity index (χ3n) is 2.94. The fourth-order valence-corrected chi connectivity index (χ4v) is 1.73. The normalized spacial score (nSPS) is 14.8. The Bertz CT molecular complexity index is 311. The number of benzene rings is 1. The maximum atomic E-state index is 9.45. The lowest BCUT2D eigenvalue weighted by atomic mass is 10.1. The molecule has 2 nitrogen and oxygen atoms in total. The molecule has 0 amide bonds. The van der Waals surface area contributed by atoms with Crippen molar-refractivity contribution in [1.82, 2.24) is 5.32 Å². The van der Waals surface area contributed by atoms with Gasteiger partial charge in [0.25, 0.3) is 0 Å². The molecule has 0 spiro atoms. The molecular formula is C14H23NO. The van der Waals surface area contributed by atoms with Gasteiger partial charge in [0, 0.05) is 6.04 Å². The van der Waals surface area contributed by atoms with Crippen LogP contribution in [0.4, 0.5) is 0 Å². The quantitative estimate of drug-likeness (QED) is 0.774. The van der Waals surface area contributed by atoms with E-state index in [9.17, 15) is 5.11 Å². The molecule has 1 rings (SSSR count). The van der Waals surface area contributed by atoms with Gasteiger partial charge in [-0.05, 0) is 38.8 Å². The third-order valence-corrected chi connectivity index (χ3v) is 2.94. The van der Waals surface area contributed by atoms with Gasteiger partial charge in [0.2, 0.25) is 0 Å². The van der Waals surface area contributed by atoms with Gasteiger partial charge in [0.1, 0.15) is 0 Å². The molecule has 0 bridgehead atoms. The van der Waals surface area contributed by atoms with Crippen LogP contribution in [-0.4, -0.2) is 17.8 Å². The van der Waals surface area contributed by atoms with Crippen LogP contribution in [-0.2, 0) is 0 Å². The monoisotopic (exact) mass is 221 g/mol. The van der Waals surface area contributed by atoms with Crippen molar-refractivity contribution < 1.29 is 5.11 Å². The van der Waals surface area contributed by atoms with Crippen LogP contribution in [0.3, 0.4) is 0 Å². The predicted octanol–water partition coefficient (Wildman–Crippen LogP) is 2.81. The van der Waals surface area contributed by atoms with Crippen molar-refractivity contribution in [1.29, 1.82) is 0 Å². The van der Waals surface area contributed by atoms with Crippen LogP contribution in [0.1, 0.15) is 43.9 Å². The van der Waals surface area contributed by atoms with E-state index in [1.807, 2.05) is 6.92 Å². The number of nitrogens with one attached hydrogen (secondary N) is 1. The second-order valence-electron chi connectivity index (χ2n) is 4.44. The largest absolute Gasteiger partial charge is 0.393 e. The summed E-state index contributed by atoms with van der Waals surface area (Å²) in [7, 11) is 0. The van der Waals surface area contributed by atoms with E-state index < -0.39 is 0 Å². The van der Waals surface area contributed by atoms with Crippen LogP contribution in [0.2, 0.25) is 0 Å². The van der Waals surface area contributed by atoms with Gasteiger partial charge in [-0.1, -0.05) is 36.8 Å². The summed E-state index contributed by atoms with van der Waals surface area (Å²) < 4.78 is 0. The first-order valence-corrected chi connectivity index (χ1v) is 6.11. The third kappa shape index (κ3) is 4.33. The van der Waals surface area contributed by atoms with Crippen molar-refractivity contribution in [2.45, 2.75) is 45.8 Å². The molecule has 2 heteroatoms. The Balaban J connectivity index is 2.38. The van der Waals surface area contributed by atoms with Crippen molar-refractivity contribution in [3.8, 4) is 0 Å². The average Bonchev–Trinajstić information content (AvgIpc) is 2.28. The lowest BCUT2D eigenvalue weighted by Gasteiger charge is -2.16. The van der Waals surface area contributed by atoms with Gasteiger partial charge in [-0.15, -0.1) is 0 Å². The van der Waals surface area contributed by atoms with Gasteiger partial charge in [0.05, 0.1) is 6.10 Å². The number of rotatable bonds is 6. The Kier molecular flexibility index (Phi) is 5.50. The molecule has 2 unspecified atom stereocenters. The Hall–Kier alpha value is -0.860. The predicted molar refractivity (Wildman–Crippen MR) is 68.5 cm³/mol. The van der Waals surface area contributed by atoms with Gasteiger partial charge in [0.15, 0.2) is 0 Å². The summed E-state index contributed by atoms with van der Waals surface area (Å²) in [5.41, 5.74) is 2.60. The molecule has 0 fully saturated rings. The first kappa shape index (κ1) is 13.2. The molecule has 0 heterocycles. The van der Waals surface area contributed by atoms with E-state index in [1.165, 1.54) is 11.1 Å². The average molecular weight is 221 g/mol. The molecule has 0 radical (unpaired) electrons. The van der Waals surface area contributed by atoms with Crippen molar-refractivity contribution in [2.75, 3.05) is 6.54 Å². The van der Waals surface area contributed by atoms with Crippen LogP contribution < -0.4 is 5.32 Å². The highest BCUT2D eigenvalue weighted by atomic mass is 16.3. The van der Waals surface area contributed by atoms with Crippen LogP contribution in [0.15, 0.2) is 24.3 Å². The second-order valence-corrected chi connectivity index (χ2v) is 4.44. The standard InChI is InChI=1S/C14H23NO/c1-4-14(16)8-9-15-12(3)13-7-5-6-11(2)10-13/h5-7,10,12,14-16H,4,8-9H2,1-3H3. The van der Waals surface area contributed by atoms with E-state index in [2.05, 4.69) is 43.4 Å². The highest BCUT2D eigenvalue weighted by molar-refractivity contribution is 5.24. The van der Waals surface area contributed by atoms with Gasteiger partial charge in [-0.2, -0.15) is 0 Å². The number of aliphatic hydroxyl groups excluding tert-OH is 1. The maximum absolute atomic E-state index is 9.45. The molecule has 0 saturated carbocycles. The molecular weight excluding hydrogens is 198 g/mol. The summed E-state index contributed by atoms with van der Waals surface area (Å²) in [4.78, 5) is 0. The Labute approximate surface area is 98.7 Å². The summed E-state index contributed by atoms with van der Waals surface area (Å²) in [6, 6.07) is 8.89. The first-order valence-electron chi connectivity index (χ1n) is 6.11. The number of hydrogen-bond acceptors (Lipinski definition) is 2. The lowest BCUT2D eigenvalue weighted by molar-refractivity contribution is 0.159. The zero-order valence-electron chi connectivity index (χ0n) is 10.5. The molecule has 1 aromatic rings. The minimum atomic E-state index is -0.169. The lowest BCUT2D eigenvalue weighted by Crippen LogP contribution is -2.23. The second kappa shape index (κ2) is 6.66. The fourth-order valence-electron chi connectivity index (χ4n) is 1.73. The minimum Gasteiger partial charge on any atom is -0.393 e. The van der Waals surface area contributed by atoms with Crippen LogP contribution >= 0.6 is 0 Å². The Morgan fingerprint density at radius 2 is 2.12 bits per heavy atom. The smallest absolute Gasteiger partial charge is 0.0549 e. The summed E-state index contributed by atoms with van der Waals surface area (Å²) in [5.74, 6) is 0. The van der Waals surface area contributed by atoms with Gasteiger partial charge in [-0.25, -0.2) is 0 Å². The number of aliphatic hydroxyl groups is 1. The van der Waals surface area contributed by atoms with Crippen molar-refractivity contribution in [2.24, 2.45) is 0 Å². The van der Waals surface area contributed by atoms with E-state index in [0.717, 1.165) is 19.4 Å².